The molecule has 4 saturated carbocycles. The van der Waals surface area contributed by atoms with Crippen LogP contribution in [0.15, 0.2) is 48.6 Å². The van der Waals surface area contributed by atoms with Gasteiger partial charge in [-0.2, -0.15) is 19.2 Å². The van der Waals surface area contributed by atoms with Crippen LogP contribution in [-0.2, 0) is 38.1 Å². The molecule has 13 unspecified atom stereocenters. The minimum Gasteiger partial charge on any atom is -0.438 e. The second kappa shape index (κ2) is 24.8. The molecule has 0 aromatic rings. The van der Waals surface area contributed by atoms with Gasteiger partial charge >= 0.3 is 24.6 Å². The summed E-state index contributed by atoms with van der Waals surface area (Å²) in [5.41, 5.74) is 0. The number of hydrogen-bond donors (Lipinski definition) is 0. The maximum absolute atomic E-state index is 10.9. The molecule has 8 aliphatic carbocycles. The molecule has 8 bridgehead atoms. The topological polar surface area (TPSA) is 139 Å². The van der Waals surface area contributed by atoms with E-state index in [9.17, 15) is 9.59 Å². The lowest BCUT2D eigenvalue weighted by Gasteiger charge is -2.21. The quantitative estimate of drug-likeness (QED) is 0.155. The second-order valence-corrected chi connectivity index (χ2v) is 17.5. The molecule has 0 aromatic heterocycles. The normalized spacial score (nSPS) is 33.5. The Bertz CT molecular complexity index is 1370. The number of methoxy groups -OCH3 is 1. The van der Waals surface area contributed by atoms with Gasteiger partial charge in [0.15, 0.2) is 0 Å². The molecule has 0 N–H and O–H groups in total. The van der Waals surface area contributed by atoms with Gasteiger partial charge < -0.3 is 18.9 Å². The number of rotatable bonds is 10. The van der Waals surface area contributed by atoms with Crippen LogP contribution >= 0.6 is 0 Å². The van der Waals surface area contributed by atoms with Gasteiger partial charge in [-0.1, -0.05) is 82.7 Å². The molecule has 0 heterocycles. The first-order chi connectivity index (χ1) is 27.0. The van der Waals surface area contributed by atoms with E-state index in [0.717, 1.165) is 65.6 Å². The van der Waals surface area contributed by atoms with E-state index in [1.165, 1.54) is 71.3 Å². The zero-order valence-electron chi connectivity index (χ0n) is 34.7. The monoisotopic (exact) mass is 780 g/mol. The van der Waals surface area contributed by atoms with Crippen molar-refractivity contribution in [2.45, 2.75) is 105 Å². The van der Waals surface area contributed by atoms with Gasteiger partial charge in [0, 0.05) is 11.8 Å². The zero-order chi connectivity index (χ0) is 41.0. The molecule has 56 heavy (non-hydrogen) atoms. The molecule has 0 amide bonds. The van der Waals surface area contributed by atoms with Crippen LogP contribution in [0, 0.1) is 82.9 Å². The number of carbonyl (C=O) groups is 2. The lowest BCUT2D eigenvalue weighted by molar-refractivity contribution is -0.193. The summed E-state index contributed by atoms with van der Waals surface area (Å²) >= 11 is 0. The van der Waals surface area contributed by atoms with E-state index >= 15 is 0 Å². The molecule has 0 saturated heterocycles. The molecule has 10 heteroatoms. The first kappa shape index (κ1) is 46.6. The molecule has 0 radical (unpaired) electrons. The summed E-state index contributed by atoms with van der Waals surface area (Å²) in [7, 11) is 1.34. The first-order valence-electron chi connectivity index (χ1n) is 21.2. The second-order valence-electron chi connectivity index (χ2n) is 17.5. The van der Waals surface area contributed by atoms with Gasteiger partial charge in [-0.05, 0) is 142 Å². The molecule has 0 aliphatic heterocycles. The van der Waals surface area contributed by atoms with E-state index in [4.69, 9.17) is 33.4 Å². The highest BCUT2D eigenvalue weighted by Gasteiger charge is 2.38. The van der Waals surface area contributed by atoms with Crippen molar-refractivity contribution >= 4 is 24.6 Å². The van der Waals surface area contributed by atoms with E-state index in [1.807, 2.05) is 0 Å². The minimum absolute atomic E-state index is 0.250. The highest BCUT2D eigenvalue weighted by Crippen LogP contribution is 2.47. The number of allylic oxidation sites excluding steroid dienone is 8. The zero-order valence-corrected chi connectivity index (χ0v) is 34.7. The van der Waals surface area contributed by atoms with Crippen molar-refractivity contribution in [3.63, 3.8) is 0 Å². The Morgan fingerprint density at radius 3 is 1.18 bits per heavy atom. The highest BCUT2D eigenvalue weighted by molar-refractivity contribution is 5.60. The van der Waals surface area contributed by atoms with Crippen LogP contribution in [0.25, 0.3) is 0 Å². The van der Waals surface area contributed by atoms with Crippen molar-refractivity contribution in [2.75, 3.05) is 26.9 Å². The van der Waals surface area contributed by atoms with Crippen LogP contribution in [-0.4, -0.2) is 51.5 Å². The number of hydrogen-bond acceptors (Lipinski definition) is 10. The molecule has 4 fully saturated rings. The van der Waals surface area contributed by atoms with Gasteiger partial charge in [0.25, 0.3) is 0 Å². The third-order valence-electron chi connectivity index (χ3n) is 13.1. The van der Waals surface area contributed by atoms with Gasteiger partial charge in [0.1, 0.15) is 0 Å². The number of carbonyl (C=O) groups excluding carboxylic acids is 6. The lowest BCUT2D eigenvalue weighted by Crippen LogP contribution is -2.18. The molecule has 0 spiro atoms. The van der Waals surface area contributed by atoms with Gasteiger partial charge in [0.2, 0.25) is 0 Å². The third-order valence-corrected chi connectivity index (χ3v) is 13.1. The summed E-state index contributed by atoms with van der Waals surface area (Å²) < 4.78 is 19.1. The summed E-state index contributed by atoms with van der Waals surface area (Å²) in [6.07, 6.45) is 33.3. The molecule has 8 aliphatic rings. The Morgan fingerprint density at radius 1 is 0.536 bits per heavy atom. The Kier molecular flexibility index (Phi) is 20.7. The van der Waals surface area contributed by atoms with Crippen LogP contribution in [0.2, 0.25) is 0 Å². The molecule has 10 nitrogen and oxygen atoms in total. The SMILES string of the molecule is CC(C)CC1CC2C=CC1C2.CCC(C)CC1CC2C=CC1C2.CCOC(=O)OCC1CC2C=CC1C2.COC(=O)OCC1CC2C=CC1C2.O=C=O.O=C=O. The fraction of sp³-hybridized carbons (Fsp3) is 0.739. The van der Waals surface area contributed by atoms with E-state index in [-0.39, 0.29) is 12.3 Å². The largest absolute Gasteiger partial charge is 0.508 e. The van der Waals surface area contributed by atoms with Crippen molar-refractivity contribution in [3.05, 3.63) is 48.6 Å². The van der Waals surface area contributed by atoms with E-state index in [0.29, 0.717) is 43.5 Å². The van der Waals surface area contributed by atoms with Crippen molar-refractivity contribution in [2.24, 2.45) is 82.9 Å². The van der Waals surface area contributed by atoms with Gasteiger partial charge in [-0.25, -0.2) is 9.59 Å². The summed E-state index contributed by atoms with van der Waals surface area (Å²) in [4.78, 5) is 54.2. The molecule has 13 atom stereocenters. The van der Waals surface area contributed by atoms with Crippen molar-refractivity contribution in [3.8, 4) is 0 Å². The molecular formula is C46H68O10. The highest BCUT2D eigenvalue weighted by atomic mass is 16.7. The average Bonchev–Trinajstić information content (AvgIpc) is 4.04. The Labute approximate surface area is 335 Å². The standard InChI is InChI=1S/C12H20.C11H16O3.C11H18.C10H14O3.2CO2/c1-3-9(2)6-12-8-10-4-5-11(12)7-10;1-2-13-11(12)14-7-10-6-8-3-4-9(10)5-8;1-8(2)5-11-7-9-3-4-10(11)6-9;1-12-10(11)13-6-9-5-7-2-3-8(9)4-7;2*2-1-3/h4-5,9-12H,3,6-8H2,1-2H3;3-4,8-10H,2,5-7H2,1H3;3-4,8-11H,5-7H2,1-2H3;2-3,7-9H,4-6H2,1H3;;. The van der Waals surface area contributed by atoms with Crippen molar-refractivity contribution < 1.29 is 47.7 Å². The third kappa shape index (κ3) is 15.3. The summed E-state index contributed by atoms with van der Waals surface area (Å²) in [5, 5.41) is 0. The lowest BCUT2D eigenvalue weighted by atomic mass is 9.85. The van der Waals surface area contributed by atoms with Crippen LogP contribution in [0.5, 0.6) is 0 Å². The van der Waals surface area contributed by atoms with E-state index in [2.05, 4.69) is 81.0 Å². The summed E-state index contributed by atoms with van der Waals surface area (Å²) in [6.45, 7) is 12.6. The minimum atomic E-state index is -0.563. The fourth-order valence-corrected chi connectivity index (χ4v) is 10.4. The van der Waals surface area contributed by atoms with Gasteiger partial charge in [-0.15, -0.1) is 0 Å². The Hall–Kier alpha value is -3.74. The van der Waals surface area contributed by atoms with Crippen LogP contribution in [0.4, 0.5) is 9.59 Å². The van der Waals surface area contributed by atoms with Crippen molar-refractivity contribution in [1.82, 2.24) is 0 Å². The molecular weight excluding hydrogens is 712 g/mol. The van der Waals surface area contributed by atoms with Gasteiger partial charge in [0.05, 0.1) is 26.9 Å². The Balaban J connectivity index is 0.000000191. The van der Waals surface area contributed by atoms with Crippen molar-refractivity contribution in [1.29, 1.82) is 0 Å². The fourth-order valence-electron chi connectivity index (χ4n) is 10.4. The van der Waals surface area contributed by atoms with Crippen LogP contribution in [0.3, 0.4) is 0 Å². The molecule has 8 rings (SSSR count). The smallest absolute Gasteiger partial charge is 0.438 e. The van der Waals surface area contributed by atoms with Crippen LogP contribution in [0.1, 0.15) is 105 Å². The number of fused-ring (bicyclic) bond motifs is 8. The van der Waals surface area contributed by atoms with E-state index < -0.39 is 12.3 Å². The molecule has 312 valence electrons. The average molecular weight is 781 g/mol. The predicted molar refractivity (Wildman–Crippen MR) is 210 cm³/mol. The summed E-state index contributed by atoms with van der Waals surface area (Å²) in [5.74, 6) is 11.5. The Morgan fingerprint density at radius 2 is 0.893 bits per heavy atom. The maximum atomic E-state index is 10.9. The summed E-state index contributed by atoms with van der Waals surface area (Å²) in [6, 6.07) is 0. The van der Waals surface area contributed by atoms with Crippen LogP contribution < -0.4 is 0 Å². The van der Waals surface area contributed by atoms with E-state index in [1.54, 1.807) is 6.92 Å². The first-order valence-corrected chi connectivity index (χ1v) is 21.2. The van der Waals surface area contributed by atoms with Gasteiger partial charge in [-0.3, -0.25) is 0 Å². The number of ether oxygens (including phenoxy) is 4. The predicted octanol–water partition coefficient (Wildman–Crippen LogP) is 10.1. The maximum Gasteiger partial charge on any atom is 0.508 e. The molecule has 0 aromatic carbocycles.